The number of ether oxygens (including phenoxy) is 2. The van der Waals surface area contributed by atoms with E-state index in [1.807, 2.05) is 29.1 Å². The maximum atomic E-state index is 15.0. The van der Waals surface area contributed by atoms with Gasteiger partial charge in [-0.2, -0.15) is 14.7 Å². The van der Waals surface area contributed by atoms with Crippen LogP contribution in [0, 0.1) is 17.6 Å². The van der Waals surface area contributed by atoms with E-state index in [2.05, 4.69) is 25.6 Å². The number of piperidine rings is 2. The zero-order valence-electron chi connectivity index (χ0n) is 30.0. The van der Waals surface area contributed by atoms with Gasteiger partial charge in [0.05, 0.1) is 36.3 Å². The molecule has 2 saturated heterocycles. The molecule has 1 atom stereocenters. The number of anilines is 1. The molecule has 3 aromatic heterocycles. The molecule has 13 nitrogen and oxygen atoms in total. The second-order valence-electron chi connectivity index (χ2n) is 14.5. The van der Waals surface area contributed by atoms with Crippen LogP contribution in [-0.4, -0.2) is 79.8 Å². The molecule has 3 amide bonds. The first kappa shape index (κ1) is 35.6. The van der Waals surface area contributed by atoms with E-state index in [1.165, 1.54) is 0 Å². The van der Waals surface area contributed by atoms with Gasteiger partial charge >= 0.3 is 0 Å². The predicted octanol–water partition coefficient (Wildman–Crippen LogP) is 5.80. The van der Waals surface area contributed by atoms with Crippen molar-refractivity contribution in [2.75, 3.05) is 32.1 Å². The molecule has 15 heteroatoms. The van der Waals surface area contributed by atoms with E-state index < -0.39 is 29.4 Å². The van der Waals surface area contributed by atoms with E-state index in [-0.39, 0.29) is 42.2 Å². The highest BCUT2D eigenvalue weighted by Crippen LogP contribution is 2.36. The molecule has 0 spiro atoms. The summed E-state index contributed by atoms with van der Waals surface area (Å²) < 4.78 is 45.1. The number of fused-ring (bicyclic) bond motifs is 2. The Hall–Kier alpha value is -5.44. The molecule has 1 aliphatic carbocycles. The number of benzene rings is 2. The standard InChI is InChI=1S/C39H42F2N8O5/c1-53-33-20-32-24(17-29(33)39(52)44-35-21-42-34-3-2-13-43-49(34)35)22-48(46-32)25-6-4-23(5-7-25)10-14-47-15-11-26(12-16-47)54-27-18-30(40)37(31(41)19-27)28-8-9-36(50)45-38(28)51/h2-3,13,17-23,25-26,28H,4-12,14-16H2,1H3,(H,44,52)(H,45,50,51). The van der Waals surface area contributed by atoms with Gasteiger partial charge in [0.1, 0.15) is 29.2 Å². The maximum Gasteiger partial charge on any atom is 0.260 e. The largest absolute Gasteiger partial charge is 0.496 e. The van der Waals surface area contributed by atoms with Crippen molar-refractivity contribution in [3.8, 4) is 11.5 Å². The average molecular weight is 741 g/mol. The van der Waals surface area contributed by atoms with Gasteiger partial charge in [-0.3, -0.25) is 24.4 Å². The maximum absolute atomic E-state index is 15.0. The summed E-state index contributed by atoms with van der Waals surface area (Å²) in [5.74, 6) is -2.49. The lowest BCUT2D eigenvalue weighted by atomic mass is 9.84. The van der Waals surface area contributed by atoms with Crippen molar-refractivity contribution in [3.05, 3.63) is 77.8 Å². The minimum absolute atomic E-state index is 0.0446. The van der Waals surface area contributed by atoms with Gasteiger partial charge < -0.3 is 19.7 Å². The first-order valence-corrected chi connectivity index (χ1v) is 18.6. The third-order valence-electron chi connectivity index (χ3n) is 11.1. The fourth-order valence-electron chi connectivity index (χ4n) is 8.14. The van der Waals surface area contributed by atoms with Crippen LogP contribution in [0.15, 0.2) is 55.0 Å². The fraction of sp³-hybridized carbons (Fsp3) is 0.436. The Morgan fingerprint density at radius 3 is 2.54 bits per heavy atom. The molecule has 1 unspecified atom stereocenters. The Morgan fingerprint density at radius 2 is 1.80 bits per heavy atom. The number of hydrogen-bond acceptors (Lipinski definition) is 9. The van der Waals surface area contributed by atoms with Gasteiger partial charge in [0, 0.05) is 61.1 Å². The molecular weight excluding hydrogens is 698 g/mol. The van der Waals surface area contributed by atoms with Crippen molar-refractivity contribution in [2.24, 2.45) is 5.92 Å². The molecule has 1 saturated carbocycles. The van der Waals surface area contributed by atoms with Crippen LogP contribution in [0.5, 0.6) is 11.5 Å². The third-order valence-corrected chi connectivity index (χ3v) is 11.1. The number of carbonyl (C=O) groups is 3. The van der Waals surface area contributed by atoms with Crippen LogP contribution in [0.4, 0.5) is 14.6 Å². The summed E-state index contributed by atoms with van der Waals surface area (Å²) in [6.07, 6.45) is 12.1. The van der Waals surface area contributed by atoms with Gasteiger partial charge in [-0.05, 0) is 82.0 Å². The van der Waals surface area contributed by atoms with E-state index >= 15 is 0 Å². The predicted molar refractivity (Wildman–Crippen MR) is 194 cm³/mol. The second-order valence-corrected chi connectivity index (χ2v) is 14.5. The first-order chi connectivity index (χ1) is 26.2. The van der Waals surface area contributed by atoms with Crippen LogP contribution in [0.2, 0.25) is 0 Å². The van der Waals surface area contributed by atoms with Gasteiger partial charge in [-0.1, -0.05) is 0 Å². The van der Waals surface area contributed by atoms with Crippen molar-refractivity contribution < 1.29 is 32.6 Å². The van der Waals surface area contributed by atoms with Crippen LogP contribution < -0.4 is 20.1 Å². The fourth-order valence-corrected chi connectivity index (χ4v) is 8.14. The number of imide groups is 1. The molecule has 0 radical (unpaired) electrons. The van der Waals surface area contributed by atoms with Gasteiger partial charge in [-0.15, -0.1) is 0 Å². The van der Waals surface area contributed by atoms with Crippen molar-refractivity contribution in [3.63, 3.8) is 0 Å². The van der Waals surface area contributed by atoms with Gasteiger partial charge in [0.25, 0.3) is 5.91 Å². The number of amides is 3. The molecule has 0 bridgehead atoms. The minimum Gasteiger partial charge on any atom is -0.496 e. The normalized spacial score (nSPS) is 21.4. The van der Waals surface area contributed by atoms with Crippen molar-refractivity contribution >= 4 is 40.1 Å². The van der Waals surface area contributed by atoms with Gasteiger partial charge in [-0.25, -0.2) is 13.8 Å². The number of aromatic nitrogens is 5. The number of imidazole rings is 1. The van der Waals surface area contributed by atoms with E-state index in [4.69, 9.17) is 14.6 Å². The molecular formula is C39H42F2N8O5. The Kier molecular flexibility index (Phi) is 9.97. The average Bonchev–Trinajstić information content (AvgIpc) is 3.78. The summed E-state index contributed by atoms with van der Waals surface area (Å²) in [5, 5.41) is 15.1. The summed E-state index contributed by atoms with van der Waals surface area (Å²) in [7, 11) is 1.54. The molecule has 8 rings (SSSR count). The Bertz CT molecular complexity index is 2180. The lowest BCUT2D eigenvalue weighted by molar-refractivity contribution is -0.134. The highest BCUT2D eigenvalue weighted by atomic mass is 19.1. The summed E-state index contributed by atoms with van der Waals surface area (Å²) in [6.45, 7) is 2.69. The lowest BCUT2D eigenvalue weighted by Gasteiger charge is -2.34. The highest BCUT2D eigenvalue weighted by Gasteiger charge is 2.33. The molecule has 2 aliphatic heterocycles. The van der Waals surface area contributed by atoms with Crippen molar-refractivity contribution in [1.29, 1.82) is 0 Å². The number of hydrogen-bond donors (Lipinski definition) is 2. The molecule has 2 aromatic carbocycles. The van der Waals surface area contributed by atoms with Crippen molar-refractivity contribution in [1.82, 2.24) is 34.6 Å². The smallest absolute Gasteiger partial charge is 0.260 e. The first-order valence-electron chi connectivity index (χ1n) is 18.6. The number of likely N-dealkylation sites (tertiary alicyclic amines) is 1. The van der Waals surface area contributed by atoms with Crippen molar-refractivity contribution in [2.45, 2.75) is 75.9 Å². The van der Waals surface area contributed by atoms with E-state index in [0.29, 0.717) is 28.7 Å². The Labute approximate surface area is 310 Å². The molecule has 54 heavy (non-hydrogen) atoms. The summed E-state index contributed by atoms with van der Waals surface area (Å²) >= 11 is 0. The highest BCUT2D eigenvalue weighted by molar-refractivity contribution is 6.08. The summed E-state index contributed by atoms with van der Waals surface area (Å²) in [6, 6.07) is 9.80. The SMILES string of the molecule is COc1cc2nn(C3CCC(CCN4CCC(Oc5cc(F)c(C6CCC(=O)NC6=O)c(F)c5)CC4)CC3)cc2cc1C(=O)Nc1cnc2cccnn12. The van der Waals surface area contributed by atoms with E-state index in [1.54, 1.807) is 30.1 Å². The Morgan fingerprint density at radius 1 is 1.02 bits per heavy atom. The molecule has 3 fully saturated rings. The quantitative estimate of drug-likeness (QED) is 0.170. The minimum atomic E-state index is -1.03. The zero-order chi connectivity index (χ0) is 37.3. The number of methoxy groups -OCH3 is 1. The number of carbonyl (C=O) groups excluding carboxylic acids is 3. The number of nitrogens with one attached hydrogen (secondary N) is 2. The molecule has 282 valence electrons. The summed E-state index contributed by atoms with van der Waals surface area (Å²) in [5.41, 5.74) is 1.49. The number of rotatable bonds is 10. The topological polar surface area (TPSA) is 145 Å². The monoisotopic (exact) mass is 740 g/mol. The van der Waals surface area contributed by atoms with E-state index in [9.17, 15) is 23.2 Å². The summed E-state index contributed by atoms with van der Waals surface area (Å²) in [4.78, 5) is 43.7. The number of nitrogens with zero attached hydrogens (tertiary/aromatic N) is 6. The third kappa shape index (κ3) is 7.36. The van der Waals surface area contributed by atoms with Crippen LogP contribution >= 0.6 is 0 Å². The van der Waals surface area contributed by atoms with Crippen LogP contribution in [0.1, 0.15) is 85.7 Å². The molecule has 3 aliphatic rings. The second kappa shape index (κ2) is 15.1. The van der Waals surface area contributed by atoms with Crippen LogP contribution in [0.3, 0.4) is 0 Å². The van der Waals surface area contributed by atoms with E-state index in [0.717, 1.165) is 87.6 Å². The van der Waals surface area contributed by atoms with Crippen LogP contribution in [0.25, 0.3) is 16.6 Å². The van der Waals surface area contributed by atoms with Gasteiger partial charge in [0.2, 0.25) is 11.8 Å². The molecule has 5 aromatic rings. The number of halogens is 2. The lowest BCUT2D eigenvalue weighted by Crippen LogP contribution is -2.40. The van der Waals surface area contributed by atoms with Crippen LogP contribution in [-0.2, 0) is 9.59 Å². The zero-order valence-corrected chi connectivity index (χ0v) is 30.0. The van der Waals surface area contributed by atoms with Gasteiger partial charge in [0.15, 0.2) is 11.5 Å². The molecule has 5 heterocycles. The molecule has 2 N–H and O–H groups in total. The Balaban J connectivity index is 0.805.